The highest BCUT2D eigenvalue weighted by Gasteiger charge is 2.21. The molecule has 0 aliphatic heterocycles. The summed E-state index contributed by atoms with van der Waals surface area (Å²) in [5.74, 6) is 2.73. The van der Waals surface area contributed by atoms with Crippen molar-refractivity contribution in [2.75, 3.05) is 0 Å². The summed E-state index contributed by atoms with van der Waals surface area (Å²) >= 11 is 0. The molecule has 0 fully saturated rings. The van der Waals surface area contributed by atoms with E-state index in [0.29, 0.717) is 0 Å². The van der Waals surface area contributed by atoms with Gasteiger partial charge in [-0.25, -0.2) is 0 Å². The zero-order valence-corrected chi connectivity index (χ0v) is 9.38. The van der Waals surface area contributed by atoms with Crippen molar-refractivity contribution in [3.05, 3.63) is 30.3 Å². The average molecular weight is 188 g/mol. The zero-order chi connectivity index (χ0) is 9.73. The Balaban J connectivity index is 2.76. The maximum Gasteiger partial charge on any atom is 0.0815 e. The summed E-state index contributed by atoms with van der Waals surface area (Å²) in [6.45, 7) is 4.75. The molecule has 68 valence electrons. The lowest BCUT2D eigenvalue weighted by Crippen LogP contribution is -2.40. The first-order chi connectivity index (χ1) is 6.17. The van der Waals surface area contributed by atoms with Gasteiger partial charge in [0.05, 0.1) is 8.07 Å². The largest absolute Gasteiger partial charge is 0.120 e. The van der Waals surface area contributed by atoms with E-state index in [1.807, 2.05) is 0 Å². The van der Waals surface area contributed by atoms with Crippen LogP contribution in [0.4, 0.5) is 0 Å². The third kappa shape index (κ3) is 2.75. The Bertz CT molecular complexity index is 293. The molecule has 1 aromatic rings. The predicted octanol–water partition coefficient (Wildman–Crippen LogP) is 2.63. The van der Waals surface area contributed by atoms with Crippen LogP contribution >= 0.6 is 0 Å². The summed E-state index contributed by atoms with van der Waals surface area (Å²) < 4.78 is 0. The predicted molar refractivity (Wildman–Crippen MR) is 61.8 cm³/mol. The molecule has 0 aliphatic rings. The van der Waals surface area contributed by atoms with E-state index in [0.717, 1.165) is 6.42 Å². The minimum absolute atomic E-state index is 0.911. The second kappa shape index (κ2) is 4.29. The highest BCUT2D eigenvalue weighted by atomic mass is 28.3. The minimum Gasteiger partial charge on any atom is -0.120 e. The van der Waals surface area contributed by atoms with Crippen LogP contribution in [-0.2, 0) is 0 Å². The minimum atomic E-state index is -1.24. The molecular formula is C12H16Si. The summed E-state index contributed by atoms with van der Waals surface area (Å²) in [7, 11) is -1.24. The van der Waals surface area contributed by atoms with E-state index >= 15 is 0 Å². The first-order valence-corrected chi connectivity index (χ1v) is 7.86. The lowest BCUT2D eigenvalue weighted by Gasteiger charge is -2.21. The second-order valence-corrected chi connectivity index (χ2v) is 8.80. The van der Waals surface area contributed by atoms with Gasteiger partial charge in [-0.05, 0) is 6.04 Å². The van der Waals surface area contributed by atoms with E-state index in [-0.39, 0.29) is 0 Å². The Morgan fingerprint density at radius 3 is 2.38 bits per heavy atom. The number of terminal acetylenes is 1. The second-order valence-electron chi connectivity index (χ2n) is 3.95. The zero-order valence-electron chi connectivity index (χ0n) is 8.38. The Labute approximate surface area is 82.0 Å². The first-order valence-electron chi connectivity index (χ1n) is 4.66. The molecular weight excluding hydrogens is 172 g/mol. The van der Waals surface area contributed by atoms with Crippen molar-refractivity contribution in [2.24, 2.45) is 0 Å². The fraction of sp³-hybridized carbons (Fsp3) is 0.333. The Morgan fingerprint density at radius 2 is 1.85 bits per heavy atom. The van der Waals surface area contributed by atoms with Gasteiger partial charge < -0.3 is 0 Å². The van der Waals surface area contributed by atoms with E-state index < -0.39 is 8.07 Å². The van der Waals surface area contributed by atoms with Crippen molar-refractivity contribution in [2.45, 2.75) is 25.6 Å². The van der Waals surface area contributed by atoms with Gasteiger partial charge in [-0.3, -0.25) is 0 Å². The van der Waals surface area contributed by atoms with E-state index in [1.165, 1.54) is 11.2 Å². The van der Waals surface area contributed by atoms with Crippen LogP contribution in [0.5, 0.6) is 0 Å². The topological polar surface area (TPSA) is 0 Å². The molecule has 1 heteroatoms. The van der Waals surface area contributed by atoms with E-state index in [2.05, 4.69) is 49.3 Å². The van der Waals surface area contributed by atoms with E-state index in [1.54, 1.807) is 0 Å². The summed E-state index contributed by atoms with van der Waals surface area (Å²) in [5, 5.41) is 1.50. The molecule has 0 saturated heterocycles. The standard InChI is InChI=1S/C12H16Si/c1-4-5-11-13(2,3)12-9-7-6-8-10-12/h1,6-10H,5,11H2,2-3H3. The van der Waals surface area contributed by atoms with Crippen LogP contribution in [0.1, 0.15) is 6.42 Å². The summed E-state index contributed by atoms with van der Waals surface area (Å²) in [6, 6.07) is 11.9. The fourth-order valence-electron chi connectivity index (χ4n) is 1.42. The Morgan fingerprint density at radius 1 is 1.23 bits per heavy atom. The molecule has 0 N–H and O–H groups in total. The van der Waals surface area contributed by atoms with E-state index in [9.17, 15) is 0 Å². The summed E-state index contributed by atoms with van der Waals surface area (Å²) in [4.78, 5) is 0. The van der Waals surface area contributed by atoms with Gasteiger partial charge in [-0.15, -0.1) is 12.3 Å². The quantitative estimate of drug-likeness (QED) is 0.505. The van der Waals surface area contributed by atoms with Gasteiger partial charge in [0.15, 0.2) is 0 Å². The molecule has 13 heavy (non-hydrogen) atoms. The van der Waals surface area contributed by atoms with Crippen molar-refractivity contribution >= 4 is 13.3 Å². The van der Waals surface area contributed by atoms with Crippen molar-refractivity contribution < 1.29 is 0 Å². The van der Waals surface area contributed by atoms with Crippen LogP contribution in [0, 0.1) is 12.3 Å². The Hall–Kier alpha value is -1.00. The monoisotopic (exact) mass is 188 g/mol. The lowest BCUT2D eigenvalue weighted by molar-refractivity contribution is 1.21. The van der Waals surface area contributed by atoms with Crippen molar-refractivity contribution in [3.8, 4) is 12.3 Å². The van der Waals surface area contributed by atoms with Gasteiger partial charge in [0.2, 0.25) is 0 Å². The molecule has 0 aromatic heterocycles. The Kier molecular flexibility index (Phi) is 3.33. The molecule has 0 amide bonds. The third-order valence-electron chi connectivity index (χ3n) is 2.45. The molecule has 0 unspecified atom stereocenters. The molecule has 0 heterocycles. The highest BCUT2D eigenvalue weighted by molar-refractivity contribution is 6.89. The maximum absolute atomic E-state index is 5.29. The molecule has 0 atom stereocenters. The molecule has 1 aromatic carbocycles. The van der Waals surface area contributed by atoms with Gasteiger partial charge in [0, 0.05) is 6.42 Å². The van der Waals surface area contributed by atoms with Crippen LogP contribution in [0.3, 0.4) is 0 Å². The van der Waals surface area contributed by atoms with E-state index in [4.69, 9.17) is 6.42 Å². The van der Waals surface area contributed by atoms with Crippen LogP contribution in [0.15, 0.2) is 30.3 Å². The average Bonchev–Trinajstić information content (AvgIpc) is 2.16. The summed E-state index contributed by atoms with van der Waals surface area (Å²) in [5.41, 5.74) is 0. The molecule has 1 rings (SSSR count). The van der Waals surface area contributed by atoms with Gasteiger partial charge in [0.1, 0.15) is 0 Å². The molecule has 0 nitrogen and oxygen atoms in total. The number of hydrogen-bond donors (Lipinski definition) is 0. The number of hydrogen-bond acceptors (Lipinski definition) is 0. The summed E-state index contributed by atoms with van der Waals surface area (Å²) in [6.07, 6.45) is 6.20. The molecule has 0 spiro atoms. The first kappa shape index (κ1) is 10.1. The maximum atomic E-state index is 5.29. The third-order valence-corrected chi connectivity index (χ3v) is 5.85. The SMILES string of the molecule is C#CCC[Si](C)(C)c1ccccc1. The van der Waals surface area contributed by atoms with Crippen molar-refractivity contribution in [3.63, 3.8) is 0 Å². The fourth-order valence-corrected chi connectivity index (χ4v) is 3.57. The number of benzene rings is 1. The highest BCUT2D eigenvalue weighted by Crippen LogP contribution is 2.11. The number of rotatable bonds is 3. The van der Waals surface area contributed by atoms with Gasteiger partial charge >= 0.3 is 0 Å². The van der Waals surface area contributed by atoms with Crippen molar-refractivity contribution in [1.29, 1.82) is 0 Å². The molecule has 0 radical (unpaired) electrons. The van der Waals surface area contributed by atoms with Gasteiger partial charge in [-0.2, -0.15) is 0 Å². The lowest BCUT2D eigenvalue weighted by atomic mass is 10.4. The van der Waals surface area contributed by atoms with Crippen LogP contribution < -0.4 is 5.19 Å². The van der Waals surface area contributed by atoms with Crippen molar-refractivity contribution in [1.82, 2.24) is 0 Å². The van der Waals surface area contributed by atoms with Crippen LogP contribution in [-0.4, -0.2) is 8.07 Å². The van der Waals surface area contributed by atoms with Crippen LogP contribution in [0.2, 0.25) is 19.1 Å². The molecule has 0 bridgehead atoms. The van der Waals surface area contributed by atoms with Gasteiger partial charge in [-0.1, -0.05) is 48.6 Å². The molecule has 0 saturated carbocycles. The normalized spacial score (nSPS) is 10.8. The van der Waals surface area contributed by atoms with Gasteiger partial charge in [0.25, 0.3) is 0 Å². The molecule has 0 aliphatic carbocycles. The smallest absolute Gasteiger partial charge is 0.0815 e. The van der Waals surface area contributed by atoms with Crippen LogP contribution in [0.25, 0.3) is 0 Å².